The molecule has 0 aliphatic rings. The van der Waals surface area contributed by atoms with Gasteiger partial charge in [0.15, 0.2) is 6.61 Å². The van der Waals surface area contributed by atoms with Gasteiger partial charge in [-0.1, -0.05) is 30.3 Å². The first kappa shape index (κ1) is 29.6. The number of rotatable bonds is 11. The number of anilines is 1. The van der Waals surface area contributed by atoms with Crippen molar-refractivity contribution in [1.82, 2.24) is 0 Å². The predicted molar refractivity (Wildman–Crippen MR) is 156 cm³/mol. The molecule has 1 aromatic heterocycles. The molecule has 0 saturated heterocycles. The highest BCUT2D eigenvalue weighted by molar-refractivity contribution is 7.98. The first-order valence-electron chi connectivity index (χ1n) is 12.7. The zero-order valence-corrected chi connectivity index (χ0v) is 24.1. The molecule has 9 heteroatoms. The Morgan fingerprint density at radius 2 is 1.73 bits per heavy atom. The molecule has 0 spiro atoms. The Hall–Kier alpha value is -3.43. The van der Waals surface area contributed by atoms with E-state index in [0.29, 0.717) is 24.7 Å². The molecular weight excluding hydrogens is 555 g/mol. The molecule has 3 aromatic carbocycles. The van der Waals surface area contributed by atoms with Gasteiger partial charge in [-0.2, -0.15) is 13.2 Å². The average molecular weight is 586 g/mol. The highest BCUT2D eigenvalue weighted by atomic mass is 32.2. The molecule has 0 radical (unpaired) electrons. The van der Waals surface area contributed by atoms with E-state index in [0.717, 1.165) is 49.2 Å². The third-order valence-corrected chi connectivity index (χ3v) is 8.59. The number of carbonyl (C=O) groups excluding carboxylic acids is 1. The van der Waals surface area contributed by atoms with Crippen LogP contribution in [0.5, 0.6) is 5.75 Å². The average Bonchev–Trinajstić information content (AvgIpc) is 3.34. The van der Waals surface area contributed by atoms with E-state index in [1.54, 1.807) is 30.0 Å². The molecule has 4 nitrogen and oxygen atoms in total. The van der Waals surface area contributed by atoms with Crippen LogP contribution in [0.1, 0.15) is 28.5 Å². The Labute approximate surface area is 240 Å². The van der Waals surface area contributed by atoms with Crippen molar-refractivity contribution in [3.8, 4) is 16.2 Å². The van der Waals surface area contributed by atoms with Gasteiger partial charge in [0.2, 0.25) is 0 Å². The molecule has 0 N–H and O–H groups in total. The topological polar surface area (TPSA) is 38.8 Å². The van der Waals surface area contributed by atoms with Crippen molar-refractivity contribution in [2.45, 2.75) is 37.2 Å². The molecule has 0 saturated carbocycles. The summed E-state index contributed by atoms with van der Waals surface area (Å²) >= 11 is 3.28. The van der Waals surface area contributed by atoms with Crippen LogP contribution in [-0.4, -0.2) is 26.2 Å². The number of thioether (sulfide) groups is 1. The standard InChI is InChI=1S/C31H30F3NO3S2/c1-4-37-30(36)19-38-27-15-14-26(16-21(27)2)39-20-29-23(18-35(3)25-8-6-5-7-9-25)17-28(40-29)22-10-12-24(13-11-22)31(32,33)34/h5-17H,4,18-20H2,1-3H3. The molecule has 40 heavy (non-hydrogen) atoms. The summed E-state index contributed by atoms with van der Waals surface area (Å²) in [5.74, 6) is 0.921. The normalized spacial score (nSPS) is 11.3. The largest absolute Gasteiger partial charge is 0.482 e. The Bertz CT molecular complexity index is 1420. The molecular formula is C31H30F3NO3S2. The number of carbonyl (C=O) groups is 1. The number of halogens is 3. The predicted octanol–water partition coefficient (Wildman–Crippen LogP) is 8.61. The van der Waals surface area contributed by atoms with Crippen LogP contribution in [0.3, 0.4) is 0 Å². The van der Waals surface area contributed by atoms with Gasteiger partial charge in [-0.05, 0) is 79.1 Å². The van der Waals surface area contributed by atoms with E-state index in [4.69, 9.17) is 9.47 Å². The van der Waals surface area contributed by atoms with E-state index in [1.165, 1.54) is 12.1 Å². The smallest absolute Gasteiger partial charge is 0.416 e. The van der Waals surface area contributed by atoms with Crippen LogP contribution in [0.4, 0.5) is 18.9 Å². The van der Waals surface area contributed by atoms with Gasteiger partial charge in [-0.3, -0.25) is 0 Å². The lowest BCUT2D eigenvalue weighted by Gasteiger charge is -2.19. The molecule has 0 fully saturated rings. The zero-order valence-electron chi connectivity index (χ0n) is 22.5. The third kappa shape index (κ3) is 7.82. The molecule has 0 amide bonds. The van der Waals surface area contributed by atoms with Crippen LogP contribution < -0.4 is 9.64 Å². The summed E-state index contributed by atoms with van der Waals surface area (Å²) < 4.78 is 49.8. The molecule has 210 valence electrons. The maximum atomic E-state index is 13.1. The van der Waals surface area contributed by atoms with Crippen molar-refractivity contribution in [2.75, 3.05) is 25.2 Å². The van der Waals surface area contributed by atoms with Crippen LogP contribution in [0.15, 0.2) is 83.8 Å². The minimum atomic E-state index is -4.36. The number of hydrogen-bond acceptors (Lipinski definition) is 6. The highest BCUT2D eigenvalue weighted by Crippen LogP contribution is 2.38. The summed E-state index contributed by atoms with van der Waals surface area (Å²) in [4.78, 5) is 16.9. The van der Waals surface area contributed by atoms with Gasteiger partial charge in [-0.25, -0.2) is 4.79 Å². The second-order valence-electron chi connectivity index (χ2n) is 9.14. The Balaban J connectivity index is 1.53. The summed E-state index contributed by atoms with van der Waals surface area (Å²) in [5, 5.41) is 0. The summed E-state index contributed by atoms with van der Waals surface area (Å²) in [7, 11) is 2.03. The molecule has 0 unspecified atom stereocenters. The van der Waals surface area contributed by atoms with Crippen LogP contribution in [-0.2, 0) is 28.0 Å². The van der Waals surface area contributed by atoms with Gasteiger partial charge in [0.05, 0.1) is 12.2 Å². The number of thiophene rings is 1. The van der Waals surface area contributed by atoms with E-state index in [9.17, 15) is 18.0 Å². The van der Waals surface area contributed by atoms with E-state index < -0.39 is 17.7 Å². The van der Waals surface area contributed by atoms with Crippen LogP contribution in [0.2, 0.25) is 0 Å². The number of aryl methyl sites for hydroxylation is 1. The van der Waals surface area contributed by atoms with Crippen molar-refractivity contribution >= 4 is 34.8 Å². The fourth-order valence-corrected chi connectivity index (χ4v) is 6.37. The molecule has 4 rings (SSSR count). The molecule has 0 aliphatic carbocycles. The van der Waals surface area contributed by atoms with E-state index >= 15 is 0 Å². The molecule has 0 aliphatic heterocycles. The summed E-state index contributed by atoms with van der Waals surface area (Å²) in [6.07, 6.45) is -4.36. The fraction of sp³-hybridized carbons (Fsp3) is 0.258. The van der Waals surface area contributed by atoms with E-state index in [-0.39, 0.29) is 6.61 Å². The van der Waals surface area contributed by atoms with Crippen molar-refractivity contribution < 1.29 is 27.4 Å². The van der Waals surface area contributed by atoms with Gasteiger partial charge < -0.3 is 14.4 Å². The lowest BCUT2D eigenvalue weighted by Crippen LogP contribution is -2.16. The summed E-state index contributed by atoms with van der Waals surface area (Å²) in [5.41, 5.74) is 3.23. The van der Waals surface area contributed by atoms with Gasteiger partial charge >= 0.3 is 12.1 Å². The minimum Gasteiger partial charge on any atom is -0.482 e. The Kier molecular flexibility index (Phi) is 9.81. The van der Waals surface area contributed by atoms with Gasteiger partial charge in [0.25, 0.3) is 0 Å². The lowest BCUT2D eigenvalue weighted by molar-refractivity contribution is -0.145. The summed E-state index contributed by atoms with van der Waals surface area (Å²) in [6, 6.07) is 23.3. The van der Waals surface area contributed by atoms with Crippen molar-refractivity contribution in [2.24, 2.45) is 0 Å². The van der Waals surface area contributed by atoms with Crippen LogP contribution in [0.25, 0.3) is 10.4 Å². The second-order valence-corrected chi connectivity index (χ2v) is 11.3. The number of esters is 1. The van der Waals surface area contributed by atoms with Crippen molar-refractivity contribution in [3.63, 3.8) is 0 Å². The number of hydrogen-bond donors (Lipinski definition) is 0. The van der Waals surface area contributed by atoms with E-state index in [2.05, 4.69) is 11.0 Å². The lowest BCUT2D eigenvalue weighted by atomic mass is 10.1. The molecule has 0 atom stereocenters. The first-order valence-corrected chi connectivity index (χ1v) is 14.5. The van der Waals surface area contributed by atoms with Crippen LogP contribution >= 0.6 is 23.1 Å². The van der Waals surface area contributed by atoms with Crippen LogP contribution in [0, 0.1) is 6.92 Å². The molecule has 1 heterocycles. The number of alkyl halides is 3. The number of nitrogens with zero attached hydrogens (tertiary/aromatic N) is 1. The maximum absolute atomic E-state index is 13.1. The van der Waals surface area contributed by atoms with Gasteiger partial charge in [-0.15, -0.1) is 23.1 Å². The molecule has 4 aromatic rings. The second kappa shape index (κ2) is 13.3. The first-order chi connectivity index (χ1) is 19.1. The van der Waals surface area contributed by atoms with Gasteiger partial charge in [0.1, 0.15) is 5.75 Å². The minimum absolute atomic E-state index is 0.138. The Morgan fingerprint density at radius 1 is 1.00 bits per heavy atom. The van der Waals surface area contributed by atoms with E-state index in [1.807, 2.05) is 62.5 Å². The SMILES string of the molecule is CCOC(=O)COc1ccc(SCc2sc(-c3ccc(C(F)(F)F)cc3)cc2CN(C)c2ccccc2)cc1C. The fourth-order valence-electron chi connectivity index (χ4n) is 4.08. The third-order valence-electron chi connectivity index (χ3n) is 6.17. The number of para-hydroxylation sites is 1. The summed E-state index contributed by atoms with van der Waals surface area (Å²) in [6.45, 7) is 4.51. The maximum Gasteiger partial charge on any atom is 0.416 e. The quantitative estimate of drug-likeness (QED) is 0.130. The number of benzene rings is 3. The highest BCUT2D eigenvalue weighted by Gasteiger charge is 2.30. The monoisotopic (exact) mass is 585 g/mol. The molecule has 0 bridgehead atoms. The van der Waals surface area contributed by atoms with Crippen molar-refractivity contribution in [3.05, 3.63) is 100 Å². The van der Waals surface area contributed by atoms with Crippen molar-refractivity contribution in [1.29, 1.82) is 0 Å². The zero-order chi connectivity index (χ0) is 28.7. The number of ether oxygens (including phenoxy) is 2. The Morgan fingerprint density at radius 3 is 2.38 bits per heavy atom. The van der Waals surface area contributed by atoms with Gasteiger partial charge in [0, 0.05) is 39.7 Å².